The van der Waals surface area contributed by atoms with Crippen molar-refractivity contribution in [2.24, 2.45) is 0 Å². The van der Waals surface area contributed by atoms with E-state index in [1.54, 1.807) is 0 Å². The molecule has 0 amide bonds. The van der Waals surface area contributed by atoms with Crippen LogP contribution in [0.4, 0.5) is 0 Å². The van der Waals surface area contributed by atoms with Gasteiger partial charge in [-0.2, -0.15) is 0 Å². The van der Waals surface area contributed by atoms with E-state index >= 15 is 0 Å². The van der Waals surface area contributed by atoms with Crippen LogP contribution in [-0.4, -0.2) is 11.9 Å². The van der Waals surface area contributed by atoms with E-state index < -0.39 is 11.9 Å². The van der Waals surface area contributed by atoms with Crippen molar-refractivity contribution in [1.29, 1.82) is 0 Å². The van der Waals surface area contributed by atoms with Crippen LogP contribution >= 0.6 is 0 Å². The molecule has 0 saturated carbocycles. The molecular weight excluding hydrogens is 522 g/mol. The van der Waals surface area contributed by atoms with Gasteiger partial charge in [0.1, 0.15) is 0 Å². The largest absolute Gasteiger partial charge is 1.00 e. The molecule has 118 valence electrons. The molecule has 0 aromatic rings. The van der Waals surface area contributed by atoms with Crippen LogP contribution in [-0.2, 0) is 9.59 Å². The SMILES string of the molecule is O=C([O-])CCCCCCCCCCCCCCC(=O)[O-].[Cs+].[Cs+]. The Kier molecular flexibility index (Phi) is 32.6. The molecule has 0 fully saturated rings. The first kappa shape index (κ1) is 29.8. The molecule has 0 aromatic carbocycles. The van der Waals surface area contributed by atoms with Crippen LogP contribution in [0.25, 0.3) is 0 Å². The molecule has 0 atom stereocenters. The zero-order chi connectivity index (χ0) is 15.1. The van der Waals surface area contributed by atoms with Gasteiger partial charge in [-0.1, -0.05) is 64.2 Å². The van der Waals surface area contributed by atoms with Crippen molar-refractivity contribution >= 4 is 11.9 Å². The standard InChI is InChI=1S/C16H30O4.2Cs/c17-15(18)13-11-9-7-5-3-1-2-4-6-8-10-12-14-16(19)20;;/h1-14H2,(H,17,18)(H,19,20);;/q;2*+1/p-2. The van der Waals surface area contributed by atoms with Gasteiger partial charge in [-0.25, -0.2) is 0 Å². The molecule has 0 saturated heterocycles. The number of carbonyl (C=O) groups excluding carboxylic acids is 2. The summed E-state index contributed by atoms with van der Waals surface area (Å²) in [6.45, 7) is 0. The molecule has 0 unspecified atom stereocenters. The second kappa shape index (κ2) is 24.0. The van der Waals surface area contributed by atoms with Gasteiger partial charge in [0, 0.05) is 11.9 Å². The molecule has 4 nitrogen and oxygen atoms in total. The van der Waals surface area contributed by atoms with E-state index in [0.717, 1.165) is 38.5 Å². The van der Waals surface area contributed by atoms with E-state index in [0.29, 0.717) is 0 Å². The Morgan fingerprint density at radius 1 is 0.455 bits per heavy atom. The van der Waals surface area contributed by atoms with Crippen molar-refractivity contribution in [1.82, 2.24) is 0 Å². The summed E-state index contributed by atoms with van der Waals surface area (Å²) in [5.41, 5.74) is 0. The van der Waals surface area contributed by atoms with Crippen molar-refractivity contribution in [2.45, 2.75) is 89.9 Å². The van der Waals surface area contributed by atoms with Gasteiger partial charge in [-0.3, -0.25) is 0 Å². The van der Waals surface area contributed by atoms with Crippen molar-refractivity contribution in [3.8, 4) is 0 Å². The van der Waals surface area contributed by atoms with Crippen LogP contribution in [0, 0.1) is 0 Å². The predicted molar refractivity (Wildman–Crippen MR) is 74.7 cm³/mol. The van der Waals surface area contributed by atoms with Gasteiger partial charge in [-0.05, 0) is 25.7 Å². The zero-order valence-electron chi connectivity index (χ0n) is 14.5. The Hall–Kier alpha value is 3.04. The average Bonchev–Trinajstić information content (AvgIpc) is 2.38. The van der Waals surface area contributed by atoms with Gasteiger partial charge in [0.2, 0.25) is 0 Å². The summed E-state index contributed by atoms with van der Waals surface area (Å²) in [6, 6.07) is 0. The third-order valence-electron chi connectivity index (χ3n) is 3.51. The molecule has 0 aliphatic heterocycles. The minimum atomic E-state index is -0.940. The summed E-state index contributed by atoms with van der Waals surface area (Å²) in [6.07, 6.45) is 13.5. The Morgan fingerprint density at radius 2 is 0.636 bits per heavy atom. The number of carbonyl (C=O) groups is 2. The molecule has 22 heavy (non-hydrogen) atoms. The fourth-order valence-electron chi connectivity index (χ4n) is 2.31. The molecule has 0 aliphatic rings. The zero-order valence-corrected chi connectivity index (χ0v) is 27.1. The molecule has 0 spiro atoms. The van der Waals surface area contributed by atoms with Crippen LogP contribution in [0.2, 0.25) is 0 Å². The van der Waals surface area contributed by atoms with E-state index in [2.05, 4.69) is 0 Å². The molecule has 0 N–H and O–H groups in total. The van der Waals surface area contributed by atoms with Gasteiger partial charge in [-0.15, -0.1) is 0 Å². The van der Waals surface area contributed by atoms with Crippen molar-refractivity contribution in [2.75, 3.05) is 0 Å². The van der Waals surface area contributed by atoms with Gasteiger partial charge >= 0.3 is 138 Å². The monoisotopic (exact) mass is 550 g/mol. The summed E-state index contributed by atoms with van der Waals surface area (Å²) >= 11 is 0. The minimum Gasteiger partial charge on any atom is -0.550 e. The van der Waals surface area contributed by atoms with Gasteiger partial charge in [0.05, 0.1) is 0 Å². The fourth-order valence-corrected chi connectivity index (χ4v) is 2.31. The van der Waals surface area contributed by atoms with Crippen molar-refractivity contribution in [3.63, 3.8) is 0 Å². The summed E-state index contributed by atoms with van der Waals surface area (Å²) in [7, 11) is 0. The number of carboxylic acids is 2. The first-order valence-electron chi connectivity index (χ1n) is 8.02. The van der Waals surface area contributed by atoms with Gasteiger partial charge in [0.25, 0.3) is 0 Å². The topological polar surface area (TPSA) is 80.3 Å². The van der Waals surface area contributed by atoms with Crippen molar-refractivity contribution < 1.29 is 158 Å². The Bertz CT molecular complexity index is 235. The van der Waals surface area contributed by atoms with Crippen LogP contribution in [0.1, 0.15) is 89.9 Å². The number of rotatable bonds is 15. The normalized spacial score (nSPS) is 9.64. The molecule has 0 bridgehead atoms. The van der Waals surface area contributed by atoms with Crippen LogP contribution in [0.3, 0.4) is 0 Å². The maximum Gasteiger partial charge on any atom is 1.00 e. The molecule has 6 heteroatoms. The number of unbranched alkanes of at least 4 members (excludes halogenated alkanes) is 11. The number of carboxylic acid groups (broad SMARTS) is 2. The summed E-state index contributed by atoms with van der Waals surface area (Å²) in [4.78, 5) is 20.4. The molecule has 0 rings (SSSR count). The van der Waals surface area contributed by atoms with Gasteiger partial charge < -0.3 is 19.8 Å². The predicted octanol–water partition coefficient (Wildman–Crippen LogP) is -4.04. The number of hydrogen-bond donors (Lipinski definition) is 0. The minimum absolute atomic E-state index is 0. The fraction of sp³-hybridized carbons (Fsp3) is 0.875. The van der Waals surface area contributed by atoms with E-state index in [9.17, 15) is 19.8 Å². The summed E-state index contributed by atoms with van der Waals surface area (Å²) in [5.74, 6) is -1.88. The van der Waals surface area contributed by atoms with E-state index in [1.165, 1.54) is 38.5 Å². The maximum atomic E-state index is 10.2. The van der Waals surface area contributed by atoms with Gasteiger partial charge in [0.15, 0.2) is 0 Å². The summed E-state index contributed by atoms with van der Waals surface area (Å²) in [5, 5.41) is 20.4. The molecule has 0 heterocycles. The average molecular weight is 550 g/mol. The quantitative estimate of drug-likeness (QED) is 0.195. The van der Waals surface area contributed by atoms with E-state index in [4.69, 9.17) is 0 Å². The first-order valence-corrected chi connectivity index (χ1v) is 8.02. The smallest absolute Gasteiger partial charge is 0.550 e. The Morgan fingerprint density at radius 3 is 0.818 bits per heavy atom. The van der Waals surface area contributed by atoms with Crippen LogP contribution in [0.5, 0.6) is 0 Å². The summed E-state index contributed by atoms with van der Waals surface area (Å²) < 4.78 is 0. The third-order valence-corrected chi connectivity index (χ3v) is 3.51. The first-order chi connectivity index (χ1) is 9.63. The van der Waals surface area contributed by atoms with Crippen LogP contribution < -0.4 is 148 Å². The van der Waals surface area contributed by atoms with E-state index in [-0.39, 0.29) is 151 Å². The third kappa shape index (κ3) is 27.9. The maximum absolute atomic E-state index is 10.2. The van der Waals surface area contributed by atoms with E-state index in [1.807, 2.05) is 0 Å². The second-order valence-corrected chi connectivity index (χ2v) is 5.49. The number of aliphatic carboxylic acids is 2. The second-order valence-electron chi connectivity index (χ2n) is 5.49. The molecule has 0 aromatic heterocycles. The Labute approximate surface area is 253 Å². The number of hydrogen-bond acceptors (Lipinski definition) is 4. The molecule has 0 radical (unpaired) electrons. The molecular formula is C16H28Cs2O4. The molecule has 0 aliphatic carbocycles. The Balaban J connectivity index is -0.00000180. The van der Waals surface area contributed by atoms with Crippen LogP contribution in [0.15, 0.2) is 0 Å². The van der Waals surface area contributed by atoms with Crippen molar-refractivity contribution in [3.05, 3.63) is 0 Å².